The number of piperazine rings is 1. The summed E-state index contributed by atoms with van der Waals surface area (Å²) in [6.45, 7) is 7.90. The van der Waals surface area contributed by atoms with E-state index in [9.17, 15) is 18.0 Å². The van der Waals surface area contributed by atoms with E-state index in [1.165, 1.54) is 11.9 Å². The molecule has 0 bridgehead atoms. The highest BCUT2D eigenvalue weighted by atomic mass is 19.4. The predicted molar refractivity (Wildman–Crippen MR) is 100 cm³/mol. The number of halogens is 3. The van der Waals surface area contributed by atoms with Crippen molar-refractivity contribution >= 4 is 28.9 Å². The van der Waals surface area contributed by atoms with Gasteiger partial charge in [-0.05, 0) is 27.7 Å². The van der Waals surface area contributed by atoms with Crippen molar-refractivity contribution in [2.24, 2.45) is 7.05 Å². The molecule has 1 aliphatic heterocycles. The lowest BCUT2D eigenvalue weighted by Gasteiger charge is -2.41. The number of nitrogens with zero attached hydrogens (tertiary/aromatic N) is 6. The van der Waals surface area contributed by atoms with Crippen LogP contribution in [0.2, 0.25) is 0 Å². The van der Waals surface area contributed by atoms with Crippen LogP contribution in [0.1, 0.15) is 33.4 Å². The fourth-order valence-electron chi connectivity index (χ4n) is 3.32. The number of carbonyl (C=O) groups is 1. The number of alkyl halides is 3. The van der Waals surface area contributed by atoms with Gasteiger partial charge < -0.3 is 20.3 Å². The van der Waals surface area contributed by atoms with Gasteiger partial charge in [-0.25, -0.2) is 9.48 Å². The molecule has 29 heavy (non-hydrogen) atoms. The first-order valence-corrected chi connectivity index (χ1v) is 9.10. The molecule has 12 heteroatoms. The zero-order valence-electron chi connectivity index (χ0n) is 16.9. The van der Waals surface area contributed by atoms with Crippen molar-refractivity contribution in [2.75, 3.05) is 30.3 Å². The molecule has 0 saturated carbocycles. The number of nitrogens with two attached hydrogens (primary N) is 1. The van der Waals surface area contributed by atoms with E-state index < -0.39 is 23.6 Å². The smallest absolute Gasteiger partial charge is 0.435 e. The average molecular weight is 415 g/mol. The van der Waals surface area contributed by atoms with Crippen molar-refractivity contribution in [2.45, 2.75) is 45.5 Å². The summed E-state index contributed by atoms with van der Waals surface area (Å²) >= 11 is 0. The molecule has 0 radical (unpaired) electrons. The summed E-state index contributed by atoms with van der Waals surface area (Å²) in [5.74, 6) is -0.0877. The topological polar surface area (TPSA) is 102 Å². The van der Waals surface area contributed by atoms with Crippen molar-refractivity contribution in [3.05, 3.63) is 5.69 Å². The number of rotatable bonds is 1. The second-order valence-corrected chi connectivity index (χ2v) is 8.04. The molecule has 1 amide bonds. The molecule has 1 fully saturated rings. The van der Waals surface area contributed by atoms with E-state index in [2.05, 4.69) is 15.1 Å². The Bertz CT molecular complexity index is 936. The van der Waals surface area contributed by atoms with Crippen LogP contribution in [0.25, 0.3) is 11.0 Å². The summed E-state index contributed by atoms with van der Waals surface area (Å²) in [6.07, 6.45) is -5.14. The molecule has 3 heterocycles. The normalized spacial score (nSPS) is 18.4. The summed E-state index contributed by atoms with van der Waals surface area (Å²) < 4.78 is 47.1. The Morgan fingerprint density at radius 2 is 1.86 bits per heavy atom. The number of aryl methyl sites for hydroxylation is 1. The van der Waals surface area contributed by atoms with Gasteiger partial charge >= 0.3 is 12.3 Å². The van der Waals surface area contributed by atoms with Gasteiger partial charge in [-0.2, -0.15) is 28.2 Å². The second kappa shape index (κ2) is 6.92. The first-order chi connectivity index (χ1) is 13.3. The van der Waals surface area contributed by atoms with Gasteiger partial charge in [0.05, 0.1) is 5.39 Å². The molecular formula is C17H24F3N7O2. The SMILES string of the molecule is C[C@H]1CN(C(=O)OC(C)(C)C)CCN1c1nc(N)nc2c1c(C(F)(F)F)nn2C. The minimum absolute atomic E-state index is 0.00148. The lowest BCUT2D eigenvalue weighted by molar-refractivity contribution is -0.140. The number of amides is 1. The number of nitrogen functional groups attached to an aromatic ring is 1. The largest absolute Gasteiger partial charge is 0.444 e. The zero-order valence-corrected chi connectivity index (χ0v) is 16.9. The third-order valence-corrected chi connectivity index (χ3v) is 4.50. The summed E-state index contributed by atoms with van der Waals surface area (Å²) in [4.78, 5) is 23.6. The van der Waals surface area contributed by atoms with Gasteiger partial charge in [-0.15, -0.1) is 0 Å². The van der Waals surface area contributed by atoms with Gasteiger partial charge in [0, 0.05) is 32.7 Å². The lowest BCUT2D eigenvalue weighted by atomic mass is 10.1. The molecular weight excluding hydrogens is 391 g/mol. The van der Waals surface area contributed by atoms with Crippen LogP contribution in [0.5, 0.6) is 0 Å². The summed E-state index contributed by atoms with van der Waals surface area (Å²) in [5.41, 5.74) is 4.05. The maximum Gasteiger partial charge on any atom is 0.435 e. The summed E-state index contributed by atoms with van der Waals surface area (Å²) in [5, 5.41) is 3.39. The third kappa shape index (κ3) is 4.15. The Kier molecular flexibility index (Phi) is 4.99. The van der Waals surface area contributed by atoms with Gasteiger partial charge in [0.25, 0.3) is 0 Å². The second-order valence-electron chi connectivity index (χ2n) is 8.04. The number of carbonyl (C=O) groups excluding carboxylic acids is 1. The van der Waals surface area contributed by atoms with Gasteiger partial charge in [-0.1, -0.05) is 0 Å². The Morgan fingerprint density at radius 1 is 1.21 bits per heavy atom. The Hall–Kier alpha value is -2.79. The van der Waals surface area contributed by atoms with Crippen molar-refractivity contribution < 1.29 is 22.7 Å². The maximum atomic E-state index is 13.6. The van der Waals surface area contributed by atoms with E-state index in [1.807, 2.05) is 0 Å². The van der Waals surface area contributed by atoms with Crippen LogP contribution in [-0.2, 0) is 18.0 Å². The Labute approximate surface area is 165 Å². The van der Waals surface area contributed by atoms with Crippen molar-refractivity contribution in [1.82, 2.24) is 24.6 Å². The first-order valence-electron chi connectivity index (χ1n) is 9.10. The van der Waals surface area contributed by atoms with E-state index in [0.29, 0.717) is 0 Å². The molecule has 0 aliphatic carbocycles. The molecule has 0 spiro atoms. The Morgan fingerprint density at radius 3 is 2.41 bits per heavy atom. The first kappa shape index (κ1) is 20.9. The molecule has 2 aromatic heterocycles. The Balaban J connectivity index is 1.97. The van der Waals surface area contributed by atoms with Crippen LogP contribution in [0.3, 0.4) is 0 Å². The maximum absolute atomic E-state index is 13.6. The molecule has 2 aromatic rings. The van der Waals surface area contributed by atoms with Crippen LogP contribution < -0.4 is 10.6 Å². The molecule has 1 aliphatic rings. The van der Waals surface area contributed by atoms with E-state index in [4.69, 9.17) is 10.5 Å². The predicted octanol–water partition coefficient (Wildman–Crippen LogP) is 2.41. The molecule has 2 N–H and O–H groups in total. The van der Waals surface area contributed by atoms with Gasteiger partial charge in [0.2, 0.25) is 5.95 Å². The van der Waals surface area contributed by atoms with Crippen LogP contribution in [0.15, 0.2) is 0 Å². The van der Waals surface area contributed by atoms with E-state index >= 15 is 0 Å². The van der Waals surface area contributed by atoms with E-state index in [1.54, 1.807) is 32.6 Å². The van der Waals surface area contributed by atoms with Crippen LogP contribution in [-0.4, -0.2) is 62.0 Å². The standard InChI is InChI=1S/C17H24F3N7O2/c1-9-8-26(15(28)29-16(2,3)4)6-7-27(9)13-10-11(17(18,19)20)24-25(5)12(10)22-14(21)23-13/h9H,6-8H2,1-5H3,(H2,21,22,23)/t9-/m0/s1. The number of hydrogen-bond donors (Lipinski definition) is 1. The number of aromatic nitrogens is 4. The van der Waals surface area contributed by atoms with Crippen molar-refractivity contribution in [3.8, 4) is 0 Å². The van der Waals surface area contributed by atoms with Crippen LogP contribution in [0.4, 0.5) is 29.7 Å². The van der Waals surface area contributed by atoms with E-state index in [-0.39, 0.29) is 48.5 Å². The number of hydrogen-bond acceptors (Lipinski definition) is 7. The van der Waals surface area contributed by atoms with Crippen molar-refractivity contribution in [3.63, 3.8) is 0 Å². The molecule has 0 aromatic carbocycles. The fourth-order valence-corrected chi connectivity index (χ4v) is 3.32. The van der Waals surface area contributed by atoms with Gasteiger partial charge in [-0.3, -0.25) is 0 Å². The van der Waals surface area contributed by atoms with Gasteiger partial charge in [0.15, 0.2) is 11.3 Å². The number of fused-ring (bicyclic) bond motifs is 1. The van der Waals surface area contributed by atoms with E-state index in [0.717, 1.165) is 4.68 Å². The minimum Gasteiger partial charge on any atom is -0.444 e. The molecule has 1 saturated heterocycles. The highest BCUT2D eigenvalue weighted by Crippen LogP contribution is 2.38. The molecule has 0 unspecified atom stereocenters. The van der Waals surface area contributed by atoms with Gasteiger partial charge in [0.1, 0.15) is 11.4 Å². The molecule has 1 atom stereocenters. The third-order valence-electron chi connectivity index (χ3n) is 4.50. The highest BCUT2D eigenvalue weighted by molar-refractivity contribution is 5.91. The van der Waals surface area contributed by atoms with Crippen LogP contribution in [0, 0.1) is 0 Å². The number of anilines is 2. The number of ether oxygens (including phenoxy) is 1. The summed E-state index contributed by atoms with van der Waals surface area (Å²) in [7, 11) is 1.37. The fraction of sp³-hybridized carbons (Fsp3) is 0.647. The summed E-state index contributed by atoms with van der Waals surface area (Å²) in [6, 6.07) is -0.324. The monoisotopic (exact) mass is 415 g/mol. The van der Waals surface area contributed by atoms with Crippen LogP contribution >= 0.6 is 0 Å². The lowest BCUT2D eigenvalue weighted by Crippen LogP contribution is -2.55. The molecule has 9 nitrogen and oxygen atoms in total. The highest BCUT2D eigenvalue weighted by Gasteiger charge is 2.40. The zero-order chi connectivity index (χ0) is 21.7. The average Bonchev–Trinajstić information content (AvgIpc) is 2.90. The molecule has 3 rings (SSSR count). The minimum atomic E-state index is -4.67. The van der Waals surface area contributed by atoms with Crippen molar-refractivity contribution in [1.29, 1.82) is 0 Å². The quantitative estimate of drug-likeness (QED) is 0.763. The molecule has 160 valence electrons.